The van der Waals surface area contributed by atoms with Gasteiger partial charge in [-0.3, -0.25) is 9.59 Å². The van der Waals surface area contributed by atoms with Crippen LogP contribution in [0, 0.1) is 0 Å². The zero-order chi connectivity index (χ0) is 43.5. The Labute approximate surface area is 365 Å². The largest absolute Gasteiger partial charge is 0.477 e. The van der Waals surface area contributed by atoms with Gasteiger partial charge >= 0.3 is 17.9 Å². The molecule has 0 aromatic rings. The average Bonchev–Trinajstić information content (AvgIpc) is 3.19. The highest BCUT2D eigenvalue weighted by molar-refractivity contribution is 5.72. The topological polar surface area (TPSA) is 99.1 Å². The number of likely N-dealkylation sites (N-methyl/N-ethyl adjacent to an activating group) is 1. The Balaban J connectivity index is 4.21. The Morgan fingerprint density at radius 2 is 0.847 bits per heavy atom. The molecule has 0 aromatic carbocycles. The van der Waals surface area contributed by atoms with Gasteiger partial charge in [-0.05, 0) is 38.5 Å². The number of rotatable bonds is 46. The van der Waals surface area contributed by atoms with Crippen molar-refractivity contribution >= 4 is 17.9 Å². The second-order valence-electron chi connectivity index (χ2n) is 18.4. The molecule has 0 bridgehead atoms. The van der Waals surface area contributed by atoms with E-state index in [0.29, 0.717) is 19.3 Å². The minimum atomic E-state index is -0.873. The summed E-state index contributed by atoms with van der Waals surface area (Å²) in [5.41, 5.74) is 0. The maximum Gasteiger partial charge on any atom is 0.362 e. The van der Waals surface area contributed by atoms with Crippen LogP contribution in [-0.2, 0) is 28.6 Å². The summed E-state index contributed by atoms with van der Waals surface area (Å²) in [6.07, 6.45) is 46.9. The number of unbranched alkanes of at least 4 members (excludes halogenated alkanes) is 30. The highest BCUT2D eigenvalue weighted by Crippen LogP contribution is 2.16. The monoisotopic (exact) mass is 837 g/mol. The van der Waals surface area contributed by atoms with E-state index in [1.54, 1.807) is 0 Å². The molecule has 8 heteroatoms. The normalized spacial score (nSPS) is 12.9. The fourth-order valence-electron chi connectivity index (χ4n) is 7.74. The van der Waals surface area contributed by atoms with E-state index in [1.807, 2.05) is 21.1 Å². The van der Waals surface area contributed by atoms with Gasteiger partial charge in [-0.1, -0.05) is 199 Å². The van der Waals surface area contributed by atoms with Crippen LogP contribution in [0.3, 0.4) is 0 Å². The summed E-state index contributed by atoms with van der Waals surface area (Å²) in [5, 5.41) is 9.64. The maximum atomic E-state index is 12.8. The second-order valence-corrected chi connectivity index (χ2v) is 18.4. The van der Waals surface area contributed by atoms with Crippen molar-refractivity contribution in [2.45, 2.75) is 257 Å². The number of esters is 2. The number of carbonyl (C=O) groups is 3. The number of hydrogen-bond acceptors (Lipinski definition) is 6. The molecule has 348 valence electrons. The molecule has 0 aromatic heterocycles. The van der Waals surface area contributed by atoms with Gasteiger partial charge < -0.3 is 23.8 Å². The zero-order valence-electron chi connectivity index (χ0n) is 39.7. The number of allylic oxidation sites excluding steroid dienone is 2. The Morgan fingerprint density at radius 3 is 1.24 bits per heavy atom. The first-order valence-corrected chi connectivity index (χ1v) is 25.2. The molecule has 0 aliphatic rings. The summed E-state index contributed by atoms with van der Waals surface area (Å²) >= 11 is 0. The van der Waals surface area contributed by atoms with Crippen molar-refractivity contribution in [2.75, 3.05) is 41.0 Å². The third kappa shape index (κ3) is 41.2. The molecule has 59 heavy (non-hydrogen) atoms. The van der Waals surface area contributed by atoms with Crippen molar-refractivity contribution in [1.82, 2.24) is 0 Å². The van der Waals surface area contributed by atoms with E-state index in [1.165, 1.54) is 161 Å². The number of carbonyl (C=O) groups excluding carboxylic acids is 2. The highest BCUT2D eigenvalue weighted by Gasteiger charge is 2.31. The summed E-state index contributed by atoms with van der Waals surface area (Å²) in [6.45, 7) is 4.76. The van der Waals surface area contributed by atoms with Gasteiger partial charge in [-0.25, -0.2) is 4.79 Å². The lowest BCUT2D eigenvalue weighted by atomic mass is 10.0. The van der Waals surface area contributed by atoms with Gasteiger partial charge in [0.05, 0.1) is 34.4 Å². The Kier molecular flexibility index (Phi) is 41.3. The van der Waals surface area contributed by atoms with E-state index in [2.05, 4.69) is 26.0 Å². The molecule has 2 unspecified atom stereocenters. The molecule has 0 radical (unpaired) electrons. The minimum absolute atomic E-state index is 0.0527. The molecule has 8 nitrogen and oxygen atoms in total. The fourth-order valence-corrected chi connectivity index (χ4v) is 7.74. The highest BCUT2D eigenvalue weighted by atomic mass is 16.6. The molecule has 0 saturated carbocycles. The van der Waals surface area contributed by atoms with Gasteiger partial charge in [0.15, 0.2) is 12.1 Å². The van der Waals surface area contributed by atoms with Crippen LogP contribution in [-0.4, -0.2) is 80.6 Å². The van der Waals surface area contributed by atoms with Crippen LogP contribution in [0.15, 0.2) is 12.2 Å². The quantitative estimate of drug-likeness (QED) is 0.0282. The molecule has 0 fully saturated rings. The van der Waals surface area contributed by atoms with Crippen molar-refractivity contribution in [1.29, 1.82) is 0 Å². The number of quaternary nitrogens is 1. The summed E-state index contributed by atoms with van der Waals surface area (Å²) < 4.78 is 17.3. The predicted octanol–water partition coefficient (Wildman–Crippen LogP) is 14.3. The Bertz CT molecular complexity index is 978. The molecular weight excluding hydrogens is 739 g/mol. The van der Waals surface area contributed by atoms with E-state index in [0.717, 1.165) is 51.4 Å². The van der Waals surface area contributed by atoms with Crippen molar-refractivity contribution in [2.24, 2.45) is 0 Å². The number of carboxylic acid groups (broad SMARTS) is 1. The molecule has 0 aliphatic carbocycles. The first-order chi connectivity index (χ1) is 28.6. The standard InChI is InChI=1S/C51H97NO7/c1-6-8-10-12-14-16-18-20-22-23-24-25-26-27-28-30-32-34-36-38-40-42-50(54)59-47(45-57-44-43-48(51(55)56)52(3,4)5)46-58-49(53)41-39-37-35-33-31-29-21-19-17-15-13-11-9-7-2/h29,31,47-48H,6-28,30,32-46H2,1-5H3/p+1/b31-29+. The van der Waals surface area contributed by atoms with Crippen LogP contribution in [0.5, 0.6) is 0 Å². The van der Waals surface area contributed by atoms with E-state index in [4.69, 9.17) is 14.2 Å². The zero-order valence-corrected chi connectivity index (χ0v) is 39.7. The summed E-state index contributed by atoms with van der Waals surface area (Å²) in [6, 6.07) is -0.613. The minimum Gasteiger partial charge on any atom is -0.477 e. The first kappa shape index (κ1) is 57.1. The smallest absolute Gasteiger partial charge is 0.362 e. The van der Waals surface area contributed by atoms with Crippen molar-refractivity contribution in [3.63, 3.8) is 0 Å². The lowest BCUT2D eigenvalue weighted by molar-refractivity contribution is -0.887. The molecule has 0 heterocycles. The third-order valence-electron chi connectivity index (χ3n) is 11.7. The summed E-state index contributed by atoms with van der Waals surface area (Å²) in [4.78, 5) is 37.1. The number of aliphatic carboxylic acids is 1. The molecule has 0 saturated heterocycles. The lowest BCUT2D eigenvalue weighted by Crippen LogP contribution is -2.50. The van der Waals surface area contributed by atoms with E-state index in [-0.39, 0.29) is 36.2 Å². The first-order valence-electron chi connectivity index (χ1n) is 25.2. The SMILES string of the molecule is CCCCCCCCC/C=C/CCCCCC(=O)OCC(COCCC(C(=O)O)[N+](C)(C)C)OC(=O)CCCCCCCCCCCCCCCCCCCCCCC. The molecule has 0 aliphatic heterocycles. The number of carboxylic acids is 1. The van der Waals surface area contributed by atoms with Gasteiger partial charge in [0.25, 0.3) is 0 Å². The molecule has 0 rings (SSSR count). The average molecular weight is 837 g/mol. The van der Waals surface area contributed by atoms with Crippen LogP contribution >= 0.6 is 0 Å². The van der Waals surface area contributed by atoms with Gasteiger partial charge in [-0.15, -0.1) is 0 Å². The number of ether oxygens (including phenoxy) is 3. The van der Waals surface area contributed by atoms with Gasteiger partial charge in [0.2, 0.25) is 0 Å². The predicted molar refractivity (Wildman–Crippen MR) is 248 cm³/mol. The molecule has 2 atom stereocenters. The van der Waals surface area contributed by atoms with E-state index >= 15 is 0 Å². The maximum absolute atomic E-state index is 12.8. The molecule has 0 amide bonds. The van der Waals surface area contributed by atoms with Crippen molar-refractivity contribution in [3.8, 4) is 0 Å². The van der Waals surface area contributed by atoms with E-state index in [9.17, 15) is 19.5 Å². The number of nitrogens with zero attached hydrogens (tertiary/aromatic N) is 1. The lowest BCUT2D eigenvalue weighted by Gasteiger charge is -2.31. The van der Waals surface area contributed by atoms with Crippen LogP contribution in [0.2, 0.25) is 0 Å². The fraction of sp³-hybridized carbons (Fsp3) is 0.902. The Hall–Kier alpha value is -1.93. The molecule has 0 spiro atoms. The van der Waals surface area contributed by atoms with Crippen LogP contribution in [0.25, 0.3) is 0 Å². The van der Waals surface area contributed by atoms with Gasteiger partial charge in [0.1, 0.15) is 6.61 Å². The Morgan fingerprint density at radius 1 is 0.492 bits per heavy atom. The van der Waals surface area contributed by atoms with E-state index < -0.39 is 18.1 Å². The number of hydrogen-bond donors (Lipinski definition) is 1. The molecular formula is C51H98NO7+. The van der Waals surface area contributed by atoms with Crippen molar-refractivity contribution in [3.05, 3.63) is 12.2 Å². The second kappa shape index (κ2) is 42.7. The summed E-state index contributed by atoms with van der Waals surface area (Å²) in [7, 11) is 5.54. The van der Waals surface area contributed by atoms with Gasteiger partial charge in [0, 0.05) is 19.3 Å². The van der Waals surface area contributed by atoms with Crippen LogP contribution in [0.4, 0.5) is 0 Å². The molecule has 1 N–H and O–H groups in total. The van der Waals surface area contributed by atoms with Crippen LogP contribution in [0.1, 0.15) is 245 Å². The van der Waals surface area contributed by atoms with Gasteiger partial charge in [-0.2, -0.15) is 0 Å². The van der Waals surface area contributed by atoms with Crippen molar-refractivity contribution < 1.29 is 38.2 Å². The van der Waals surface area contributed by atoms with Crippen LogP contribution < -0.4 is 0 Å². The third-order valence-corrected chi connectivity index (χ3v) is 11.7. The summed E-state index contributed by atoms with van der Waals surface area (Å²) in [5.74, 6) is -1.47.